The van der Waals surface area contributed by atoms with Crippen LogP contribution in [0.2, 0.25) is 0 Å². The van der Waals surface area contributed by atoms with E-state index in [9.17, 15) is 0 Å². The molecule has 2 N–H and O–H groups in total. The quantitative estimate of drug-likeness (QED) is 0.908. The molecule has 80 valence electrons. The number of aromatic nitrogens is 2. The highest BCUT2D eigenvalue weighted by atomic mass is 79.9. The zero-order valence-electron chi connectivity index (χ0n) is 8.87. The van der Waals surface area contributed by atoms with Gasteiger partial charge >= 0.3 is 0 Å². The molecule has 2 aromatic heterocycles. The van der Waals surface area contributed by atoms with E-state index < -0.39 is 0 Å². The Morgan fingerprint density at radius 2 is 2.33 bits per heavy atom. The fraction of sp³-hybridized carbons (Fsp3) is 0.364. The smallest absolute Gasteiger partial charge is 0.132 e. The maximum Gasteiger partial charge on any atom is 0.132 e. The molecule has 0 aliphatic heterocycles. The lowest BCUT2D eigenvalue weighted by Gasteiger charge is -2.04. The average Bonchev–Trinajstić information content (AvgIpc) is 2.42. The molecule has 0 aliphatic carbocycles. The normalized spacial score (nSPS) is 13.3. The van der Waals surface area contributed by atoms with Gasteiger partial charge in [-0.2, -0.15) is 0 Å². The topological polar surface area (TPSA) is 43.3 Å². The second kappa shape index (κ2) is 3.94. The molecule has 0 amide bonds. The molecule has 1 unspecified atom stereocenters. The van der Waals surface area contributed by atoms with Crippen molar-refractivity contribution in [1.82, 2.24) is 9.38 Å². The predicted molar refractivity (Wildman–Crippen MR) is 65.0 cm³/mol. The van der Waals surface area contributed by atoms with E-state index in [0.717, 1.165) is 22.4 Å². The highest BCUT2D eigenvalue weighted by Crippen LogP contribution is 2.20. The van der Waals surface area contributed by atoms with Crippen LogP contribution in [0.1, 0.15) is 18.3 Å². The fourth-order valence-electron chi connectivity index (χ4n) is 1.65. The molecule has 0 spiro atoms. The third-order valence-corrected chi connectivity index (χ3v) is 2.92. The van der Waals surface area contributed by atoms with E-state index in [1.54, 1.807) is 0 Å². The number of rotatable bonds is 2. The number of fused-ring (bicyclic) bond motifs is 1. The van der Waals surface area contributed by atoms with Crippen molar-refractivity contribution in [3.63, 3.8) is 0 Å². The van der Waals surface area contributed by atoms with Crippen LogP contribution in [0, 0.1) is 6.92 Å². The van der Waals surface area contributed by atoms with E-state index in [1.807, 2.05) is 13.1 Å². The highest BCUT2D eigenvalue weighted by molar-refractivity contribution is 9.10. The Balaban J connectivity index is 2.57. The Morgan fingerprint density at radius 1 is 1.60 bits per heavy atom. The Labute approximate surface area is 97.4 Å². The molecule has 0 aromatic carbocycles. The van der Waals surface area contributed by atoms with Gasteiger partial charge in [0.2, 0.25) is 0 Å². The van der Waals surface area contributed by atoms with Gasteiger partial charge in [0.25, 0.3) is 0 Å². The van der Waals surface area contributed by atoms with Crippen LogP contribution in [0.4, 0.5) is 0 Å². The zero-order valence-corrected chi connectivity index (χ0v) is 10.5. The number of nitrogens with zero attached hydrogens (tertiary/aromatic N) is 2. The Kier molecular flexibility index (Phi) is 2.80. The lowest BCUT2D eigenvalue weighted by Crippen LogP contribution is -2.19. The minimum Gasteiger partial charge on any atom is -0.328 e. The summed E-state index contributed by atoms with van der Waals surface area (Å²) in [6.45, 7) is 4.06. The number of pyridine rings is 1. The van der Waals surface area contributed by atoms with Gasteiger partial charge in [-0.3, -0.25) is 0 Å². The van der Waals surface area contributed by atoms with E-state index in [2.05, 4.69) is 44.4 Å². The number of halogens is 1. The van der Waals surface area contributed by atoms with Gasteiger partial charge in [0, 0.05) is 18.7 Å². The molecule has 4 heteroatoms. The van der Waals surface area contributed by atoms with Gasteiger partial charge in [0.15, 0.2) is 0 Å². The third kappa shape index (κ3) is 2.06. The summed E-state index contributed by atoms with van der Waals surface area (Å²) in [5.41, 5.74) is 8.12. The van der Waals surface area contributed by atoms with Gasteiger partial charge in [-0.25, -0.2) is 4.98 Å². The first-order valence-electron chi connectivity index (χ1n) is 4.96. The minimum atomic E-state index is 0.129. The molecule has 0 fully saturated rings. The van der Waals surface area contributed by atoms with E-state index in [-0.39, 0.29) is 6.04 Å². The maximum atomic E-state index is 5.79. The van der Waals surface area contributed by atoms with E-state index in [0.29, 0.717) is 0 Å². The van der Waals surface area contributed by atoms with E-state index in [4.69, 9.17) is 5.73 Å². The Morgan fingerprint density at radius 3 is 3.00 bits per heavy atom. The number of aryl methyl sites for hydroxylation is 1. The van der Waals surface area contributed by atoms with Crippen LogP contribution in [-0.4, -0.2) is 15.4 Å². The van der Waals surface area contributed by atoms with Crippen molar-refractivity contribution in [2.45, 2.75) is 26.3 Å². The SMILES string of the molecule is Cc1ccn2c(CC(C)N)nc(Br)c2c1. The number of hydrogen-bond donors (Lipinski definition) is 1. The first-order chi connectivity index (χ1) is 7.08. The summed E-state index contributed by atoms with van der Waals surface area (Å²) in [6.07, 6.45) is 2.83. The Bertz CT molecular complexity index is 488. The largest absolute Gasteiger partial charge is 0.328 e. The molecule has 1 atom stereocenters. The molecule has 0 radical (unpaired) electrons. The van der Waals surface area contributed by atoms with Crippen LogP contribution in [0.15, 0.2) is 22.9 Å². The van der Waals surface area contributed by atoms with Crippen molar-refractivity contribution < 1.29 is 0 Å². The van der Waals surface area contributed by atoms with Gasteiger partial charge in [-0.1, -0.05) is 0 Å². The van der Waals surface area contributed by atoms with Crippen LogP contribution in [-0.2, 0) is 6.42 Å². The first-order valence-corrected chi connectivity index (χ1v) is 5.76. The van der Waals surface area contributed by atoms with Crippen LogP contribution >= 0.6 is 15.9 Å². The molecular formula is C11H14BrN3. The standard InChI is InChI=1S/C11H14BrN3/c1-7-3-4-15-9(5-7)11(12)14-10(15)6-8(2)13/h3-5,8H,6,13H2,1-2H3. The lowest BCUT2D eigenvalue weighted by molar-refractivity contribution is 0.699. The average molecular weight is 268 g/mol. The molecule has 0 bridgehead atoms. The molecule has 2 aromatic rings. The molecule has 2 heterocycles. The Hall–Kier alpha value is -0.870. The van der Waals surface area contributed by atoms with Crippen molar-refractivity contribution in [2.75, 3.05) is 0 Å². The van der Waals surface area contributed by atoms with Crippen molar-refractivity contribution in [3.05, 3.63) is 34.3 Å². The summed E-state index contributed by atoms with van der Waals surface area (Å²) in [5, 5.41) is 0. The molecule has 2 rings (SSSR count). The van der Waals surface area contributed by atoms with Crippen LogP contribution < -0.4 is 5.73 Å². The van der Waals surface area contributed by atoms with Crippen LogP contribution in [0.5, 0.6) is 0 Å². The van der Waals surface area contributed by atoms with Crippen molar-refractivity contribution >= 4 is 21.4 Å². The van der Waals surface area contributed by atoms with Gasteiger partial charge in [0.1, 0.15) is 10.4 Å². The summed E-state index contributed by atoms with van der Waals surface area (Å²) in [4.78, 5) is 4.47. The minimum absolute atomic E-state index is 0.129. The molecular weight excluding hydrogens is 254 g/mol. The number of imidazole rings is 1. The van der Waals surface area contributed by atoms with Gasteiger partial charge < -0.3 is 10.1 Å². The fourth-order valence-corrected chi connectivity index (χ4v) is 2.16. The molecule has 0 aliphatic rings. The van der Waals surface area contributed by atoms with Crippen molar-refractivity contribution in [1.29, 1.82) is 0 Å². The van der Waals surface area contributed by atoms with Gasteiger partial charge in [0.05, 0.1) is 5.52 Å². The zero-order chi connectivity index (χ0) is 11.0. The van der Waals surface area contributed by atoms with Gasteiger partial charge in [-0.15, -0.1) is 0 Å². The summed E-state index contributed by atoms with van der Waals surface area (Å²) in [5.74, 6) is 1.01. The second-order valence-electron chi connectivity index (χ2n) is 3.96. The van der Waals surface area contributed by atoms with Crippen LogP contribution in [0.25, 0.3) is 5.52 Å². The molecule has 0 saturated heterocycles. The third-order valence-electron chi connectivity index (χ3n) is 2.33. The summed E-state index contributed by atoms with van der Waals surface area (Å²) in [6, 6.07) is 4.32. The number of nitrogens with two attached hydrogens (primary N) is 1. The predicted octanol–water partition coefficient (Wildman–Crippen LogP) is 2.29. The van der Waals surface area contributed by atoms with Gasteiger partial charge in [-0.05, 0) is 47.5 Å². The first kappa shape index (κ1) is 10.6. The van der Waals surface area contributed by atoms with Crippen molar-refractivity contribution in [2.24, 2.45) is 5.73 Å². The summed E-state index contributed by atoms with van der Waals surface area (Å²) >= 11 is 3.47. The van der Waals surface area contributed by atoms with E-state index in [1.165, 1.54) is 5.56 Å². The monoisotopic (exact) mass is 267 g/mol. The molecule has 15 heavy (non-hydrogen) atoms. The van der Waals surface area contributed by atoms with Crippen LogP contribution in [0.3, 0.4) is 0 Å². The highest BCUT2D eigenvalue weighted by Gasteiger charge is 2.10. The number of hydrogen-bond acceptors (Lipinski definition) is 2. The molecule has 0 saturated carbocycles. The summed E-state index contributed by atoms with van der Waals surface area (Å²) < 4.78 is 2.97. The lowest BCUT2D eigenvalue weighted by atomic mass is 10.2. The van der Waals surface area contributed by atoms with Crippen molar-refractivity contribution in [3.8, 4) is 0 Å². The molecule has 3 nitrogen and oxygen atoms in total. The van der Waals surface area contributed by atoms with E-state index >= 15 is 0 Å². The summed E-state index contributed by atoms with van der Waals surface area (Å²) in [7, 11) is 0. The second-order valence-corrected chi connectivity index (χ2v) is 4.71. The maximum absolute atomic E-state index is 5.79.